The van der Waals surface area contributed by atoms with Gasteiger partial charge < -0.3 is 14.8 Å². The van der Waals surface area contributed by atoms with Gasteiger partial charge in [-0.05, 0) is 36.4 Å². The van der Waals surface area contributed by atoms with E-state index in [0.29, 0.717) is 32.8 Å². The van der Waals surface area contributed by atoms with Crippen LogP contribution in [0.1, 0.15) is 11.1 Å². The van der Waals surface area contributed by atoms with Gasteiger partial charge in [-0.15, -0.1) is 0 Å². The van der Waals surface area contributed by atoms with Gasteiger partial charge in [0.15, 0.2) is 0 Å². The fraction of sp³-hybridized carbons (Fsp3) is 0.0870. The molecule has 3 rings (SSSR count). The van der Waals surface area contributed by atoms with E-state index in [1.54, 1.807) is 66.7 Å². The van der Waals surface area contributed by atoms with Crippen LogP contribution in [-0.4, -0.2) is 25.1 Å². The van der Waals surface area contributed by atoms with E-state index >= 15 is 0 Å². The number of carbonyl (C=O) groups excluding carboxylic acids is 2. The minimum Gasteiger partial charge on any atom is -0.495 e. The predicted octanol–water partition coefficient (Wildman–Crippen LogP) is 4.67. The molecule has 0 bridgehead atoms. The largest absolute Gasteiger partial charge is 0.495 e. The molecule has 2 amide bonds. The summed E-state index contributed by atoms with van der Waals surface area (Å²) in [6.07, 6.45) is 1.38. The van der Waals surface area contributed by atoms with Crippen molar-refractivity contribution < 1.29 is 19.1 Å². The number of halogens is 2. The minimum absolute atomic E-state index is 0.217. The van der Waals surface area contributed by atoms with Crippen molar-refractivity contribution in [1.29, 1.82) is 0 Å². The molecule has 32 heavy (non-hydrogen) atoms. The first-order valence-electron chi connectivity index (χ1n) is 9.41. The predicted molar refractivity (Wildman–Crippen MR) is 125 cm³/mol. The fourth-order valence-electron chi connectivity index (χ4n) is 2.65. The van der Waals surface area contributed by atoms with Gasteiger partial charge in [-0.25, -0.2) is 5.43 Å². The Morgan fingerprint density at radius 1 is 0.969 bits per heavy atom. The SMILES string of the molecule is COc1ccccc1NC(=O)C(=O)N/N=C\c1ccccc1OCc1ccc(Cl)cc1Cl. The number of hydrogen-bond donors (Lipinski definition) is 2. The molecule has 0 unspecified atom stereocenters. The van der Waals surface area contributed by atoms with Crippen molar-refractivity contribution in [1.82, 2.24) is 5.43 Å². The summed E-state index contributed by atoms with van der Waals surface area (Å²) in [6.45, 7) is 0.217. The quantitative estimate of drug-likeness (QED) is 0.297. The maximum Gasteiger partial charge on any atom is 0.329 e. The molecule has 0 aliphatic rings. The molecule has 0 atom stereocenters. The molecule has 0 aliphatic heterocycles. The van der Waals surface area contributed by atoms with Gasteiger partial charge in [0.05, 0.1) is 19.0 Å². The van der Waals surface area contributed by atoms with Gasteiger partial charge >= 0.3 is 11.8 Å². The van der Waals surface area contributed by atoms with Crippen molar-refractivity contribution in [2.24, 2.45) is 5.10 Å². The molecule has 2 N–H and O–H groups in total. The van der Waals surface area contributed by atoms with Crippen LogP contribution >= 0.6 is 23.2 Å². The van der Waals surface area contributed by atoms with Crippen molar-refractivity contribution in [2.75, 3.05) is 12.4 Å². The third-order valence-corrected chi connectivity index (χ3v) is 4.84. The summed E-state index contributed by atoms with van der Waals surface area (Å²) in [5.74, 6) is -0.855. The number of para-hydroxylation sites is 3. The standard InChI is InChI=1S/C23H19Cl2N3O4/c1-31-21-9-5-3-7-19(21)27-22(29)23(30)28-26-13-15-6-2-4-8-20(15)32-14-16-10-11-17(24)12-18(16)25/h2-13H,14H2,1H3,(H,27,29)(H,28,30)/b26-13-. The Balaban J connectivity index is 1.60. The van der Waals surface area contributed by atoms with Crippen LogP contribution in [0.15, 0.2) is 71.8 Å². The highest BCUT2D eigenvalue weighted by atomic mass is 35.5. The Morgan fingerprint density at radius 2 is 1.69 bits per heavy atom. The highest BCUT2D eigenvalue weighted by molar-refractivity contribution is 6.39. The number of nitrogens with one attached hydrogen (secondary N) is 2. The van der Waals surface area contributed by atoms with Crippen molar-refractivity contribution in [2.45, 2.75) is 6.61 Å². The van der Waals surface area contributed by atoms with E-state index in [0.717, 1.165) is 5.56 Å². The van der Waals surface area contributed by atoms with Crippen molar-refractivity contribution in [3.8, 4) is 11.5 Å². The summed E-state index contributed by atoms with van der Waals surface area (Å²) >= 11 is 12.1. The van der Waals surface area contributed by atoms with E-state index in [1.165, 1.54) is 13.3 Å². The average Bonchev–Trinajstić information content (AvgIpc) is 2.79. The van der Waals surface area contributed by atoms with Gasteiger partial charge in [-0.1, -0.05) is 53.5 Å². The molecule has 0 heterocycles. The van der Waals surface area contributed by atoms with Crippen molar-refractivity contribution in [3.63, 3.8) is 0 Å². The number of nitrogens with zero attached hydrogens (tertiary/aromatic N) is 1. The minimum atomic E-state index is -0.932. The Bertz CT molecular complexity index is 1150. The Labute approximate surface area is 194 Å². The van der Waals surface area contributed by atoms with Crippen LogP contribution in [0, 0.1) is 0 Å². The molecule has 3 aromatic rings. The zero-order chi connectivity index (χ0) is 22.9. The summed E-state index contributed by atoms with van der Waals surface area (Å²) in [5.41, 5.74) is 3.93. The van der Waals surface area contributed by atoms with E-state index in [4.69, 9.17) is 32.7 Å². The number of hydrazone groups is 1. The summed E-state index contributed by atoms with van der Waals surface area (Å²) in [5, 5.41) is 7.36. The van der Waals surface area contributed by atoms with E-state index in [1.807, 2.05) is 0 Å². The summed E-state index contributed by atoms with van der Waals surface area (Å²) in [6, 6.07) is 19.0. The van der Waals surface area contributed by atoms with Gasteiger partial charge in [0.2, 0.25) is 0 Å². The molecule has 3 aromatic carbocycles. The molecule has 7 nitrogen and oxygen atoms in total. The van der Waals surface area contributed by atoms with Gasteiger partial charge in [-0.3, -0.25) is 9.59 Å². The fourth-order valence-corrected chi connectivity index (χ4v) is 3.11. The van der Waals surface area contributed by atoms with Crippen LogP contribution in [-0.2, 0) is 16.2 Å². The van der Waals surface area contributed by atoms with E-state index in [2.05, 4.69) is 15.8 Å². The highest BCUT2D eigenvalue weighted by Gasteiger charge is 2.15. The molecule has 0 spiro atoms. The molecule has 0 aromatic heterocycles. The summed E-state index contributed by atoms with van der Waals surface area (Å²) in [4.78, 5) is 24.2. The lowest BCUT2D eigenvalue weighted by molar-refractivity contribution is -0.136. The smallest absolute Gasteiger partial charge is 0.329 e. The maximum atomic E-state index is 12.1. The zero-order valence-electron chi connectivity index (χ0n) is 17.0. The molecule has 9 heteroatoms. The Hall–Kier alpha value is -3.55. The van der Waals surface area contributed by atoms with Gasteiger partial charge in [-0.2, -0.15) is 5.10 Å². The second-order valence-electron chi connectivity index (χ2n) is 6.42. The summed E-state index contributed by atoms with van der Waals surface area (Å²) in [7, 11) is 1.47. The van der Waals surface area contributed by atoms with Crippen molar-refractivity contribution in [3.05, 3.63) is 87.9 Å². The summed E-state index contributed by atoms with van der Waals surface area (Å²) < 4.78 is 11.0. The third kappa shape index (κ3) is 6.23. The van der Waals surface area contributed by atoms with Gasteiger partial charge in [0.25, 0.3) is 0 Å². The Kier molecular flexibility index (Phi) is 8.08. The third-order valence-electron chi connectivity index (χ3n) is 4.25. The van der Waals surface area contributed by atoms with E-state index in [-0.39, 0.29) is 6.61 Å². The second-order valence-corrected chi connectivity index (χ2v) is 7.26. The number of carbonyl (C=O) groups is 2. The molecule has 0 radical (unpaired) electrons. The van der Waals surface area contributed by atoms with Crippen LogP contribution < -0.4 is 20.2 Å². The first kappa shape index (κ1) is 23.1. The normalized spacial score (nSPS) is 10.6. The first-order valence-corrected chi connectivity index (χ1v) is 10.2. The number of anilines is 1. The van der Waals surface area contributed by atoms with Crippen molar-refractivity contribution >= 4 is 46.9 Å². The van der Waals surface area contributed by atoms with Gasteiger partial charge in [0, 0.05) is 21.2 Å². The van der Waals surface area contributed by atoms with E-state index < -0.39 is 11.8 Å². The lowest BCUT2D eigenvalue weighted by Gasteiger charge is -2.10. The van der Waals surface area contributed by atoms with Crippen LogP contribution in [0.25, 0.3) is 0 Å². The maximum absolute atomic E-state index is 12.1. The zero-order valence-corrected chi connectivity index (χ0v) is 18.5. The van der Waals surface area contributed by atoms with Crippen LogP contribution in [0.5, 0.6) is 11.5 Å². The number of rotatable bonds is 7. The van der Waals surface area contributed by atoms with Crippen LogP contribution in [0.3, 0.4) is 0 Å². The Morgan fingerprint density at radius 3 is 2.44 bits per heavy atom. The number of benzene rings is 3. The van der Waals surface area contributed by atoms with Crippen LogP contribution in [0.4, 0.5) is 5.69 Å². The van der Waals surface area contributed by atoms with E-state index in [9.17, 15) is 9.59 Å². The number of hydrogen-bond acceptors (Lipinski definition) is 5. The number of ether oxygens (including phenoxy) is 2. The number of amides is 2. The van der Waals surface area contributed by atoms with Gasteiger partial charge in [0.1, 0.15) is 18.1 Å². The lowest BCUT2D eigenvalue weighted by atomic mass is 10.2. The molecule has 0 aliphatic carbocycles. The average molecular weight is 472 g/mol. The molecule has 164 valence electrons. The topological polar surface area (TPSA) is 89.0 Å². The lowest BCUT2D eigenvalue weighted by Crippen LogP contribution is -2.32. The highest BCUT2D eigenvalue weighted by Crippen LogP contribution is 2.24. The second kappa shape index (κ2) is 11.2. The number of methoxy groups -OCH3 is 1. The molecule has 0 saturated carbocycles. The molecule has 0 fully saturated rings. The monoisotopic (exact) mass is 471 g/mol. The molecular weight excluding hydrogens is 453 g/mol. The molecular formula is C23H19Cl2N3O4. The first-order chi connectivity index (χ1) is 15.5. The van der Waals surface area contributed by atoms with Crippen LogP contribution in [0.2, 0.25) is 10.0 Å². The molecule has 0 saturated heterocycles.